The van der Waals surface area contributed by atoms with E-state index in [1.54, 1.807) is 48.5 Å². The fraction of sp³-hybridized carbons (Fsp3) is 0.286. The molecule has 138 valence electrons. The maximum absolute atomic E-state index is 12.3. The molecular weight excluding hydrogens is 346 g/mol. The number of ether oxygens (including phenoxy) is 3. The standard InChI is InChI=1S/C21H19NO5/c1-13-3-7-15(8-4-13)19(23)26-18-11-17(12-22)25-21(18)27-20(24)16-9-5-14(2)6-10-16/h3-10,17-18,21H,11H2,1-2H3/t17-,18+,21-/m0/s1. The van der Waals surface area contributed by atoms with E-state index in [4.69, 9.17) is 19.5 Å². The van der Waals surface area contributed by atoms with E-state index in [0.717, 1.165) is 11.1 Å². The number of rotatable bonds is 4. The van der Waals surface area contributed by atoms with E-state index in [9.17, 15) is 9.59 Å². The van der Waals surface area contributed by atoms with Crippen molar-refractivity contribution in [3.8, 4) is 6.07 Å². The minimum Gasteiger partial charge on any atom is -0.452 e. The van der Waals surface area contributed by atoms with Crippen molar-refractivity contribution in [2.75, 3.05) is 0 Å². The van der Waals surface area contributed by atoms with E-state index >= 15 is 0 Å². The van der Waals surface area contributed by atoms with E-state index < -0.39 is 30.4 Å². The summed E-state index contributed by atoms with van der Waals surface area (Å²) in [4.78, 5) is 24.7. The minimum atomic E-state index is -1.13. The number of aryl methyl sites for hydroxylation is 2. The quantitative estimate of drug-likeness (QED) is 0.773. The maximum Gasteiger partial charge on any atom is 0.340 e. The summed E-state index contributed by atoms with van der Waals surface area (Å²) in [7, 11) is 0. The summed E-state index contributed by atoms with van der Waals surface area (Å²) in [5.41, 5.74) is 2.76. The zero-order chi connectivity index (χ0) is 19.4. The van der Waals surface area contributed by atoms with Gasteiger partial charge in [0.15, 0.2) is 12.2 Å². The number of nitrogens with zero attached hydrogens (tertiary/aromatic N) is 1. The number of hydrogen-bond donors (Lipinski definition) is 0. The highest BCUT2D eigenvalue weighted by Gasteiger charge is 2.41. The van der Waals surface area contributed by atoms with Gasteiger partial charge in [0.05, 0.1) is 17.2 Å². The second-order valence-electron chi connectivity index (χ2n) is 6.44. The van der Waals surface area contributed by atoms with Gasteiger partial charge in [-0.1, -0.05) is 35.4 Å². The largest absolute Gasteiger partial charge is 0.452 e. The first-order chi connectivity index (χ1) is 13.0. The summed E-state index contributed by atoms with van der Waals surface area (Å²) in [5.74, 6) is -1.16. The number of esters is 2. The van der Waals surface area contributed by atoms with Gasteiger partial charge in [-0.25, -0.2) is 9.59 Å². The molecule has 6 heteroatoms. The van der Waals surface area contributed by atoms with E-state index in [-0.39, 0.29) is 6.42 Å². The van der Waals surface area contributed by atoms with Crippen LogP contribution in [0, 0.1) is 25.2 Å². The Bertz CT molecular complexity index is 799. The molecule has 0 aromatic heterocycles. The Kier molecular flexibility index (Phi) is 5.53. The van der Waals surface area contributed by atoms with E-state index in [2.05, 4.69) is 0 Å². The zero-order valence-electron chi connectivity index (χ0n) is 15.0. The van der Waals surface area contributed by atoms with Crippen molar-refractivity contribution in [1.29, 1.82) is 5.26 Å². The molecule has 0 N–H and O–H groups in total. The lowest BCUT2D eigenvalue weighted by atomic mass is 10.1. The van der Waals surface area contributed by atoms with Crippen LogP contribution < -0.4 is 0 Å². The molecule has 1 heterocycles. The van der Waals surface area contributed by atoms with Crippen LogP contribution in [0.2, 0.25) is 0 Å². The normalized spacial score (nSPS) is 21.3. The molecule has 1 aliphatic rings. The minimum absolute atomic E-state index is 0.139. The topological polar surface area (TPSA) is 85.6 Å². The first-order valence-electron chi connectivity index (χ1n) is 8.56. The van der Waals surface area contributed by atoms with Gasteiger partial charge in [-0.05, 0) is 38.1 Å². The van der Waals surface area contributed by atoms with Crippen LogP contribution in [-0.4, -0.2) is 30.4 Å². The third-order valence-corrected chi connectivity index (χ3v) is 4.25. The van der Waals surface area contributed by atoms with Crippen LogP contribution in [0.4, 0.5) is 0 Å². The molecule has 1 fully saturated rings. The van der Waals surface area contributed by atoms with E-state index in [0.29, 0.717) is 11.1 Å². The van der Waals surface area contributed by atoms with Crippen molar-refractivity contribution in [3.05, 3.63) is 70.8 Å². The molecule has 0 amide bonds. The average molecular weight is 365 g/mol. The Morgan fingerprint density at radius 3 is 1.89 bits per heavy atom. The van der Waals surface area contributed by atoms with Crippen LogP contribution in [-0.2, 0) is 14.2 Å². The summed E-state index contributed by atoms with van der Waals surface area (Å²) in [5, 5.41) is 9.11. The Morgan fingerprint density at radius 1 is 0.926 bits per heavy atom. The SMILES string of the molecule is Cc1ccc(C(=O)O[C@@H]2O[C@H](C#N)C[C@H]2OC(=O)c2ccc(C)cc2)cc1. The lowest BCUT2D eigenvalue weighted by Crippen LogP contribution is -2.31. The molecule has 2 aromatic rings. The Hall–Kier alpha value is -3.17. The van der Waals surface area contributed by atoms with E-state index in [1.165, 1.54) is 0 Å². The van der Waals surface area contributed by atoms with Gasteiger partial charge in [0.25, 0.3) is 0 Å². The van der Waals surface area contributed by atoms with Crippen LogP contribution in [0.1, 0.15) is 38.3 Å². The lowest BCUT2D eigenvalue weighted by Gasteiger charge is -2.19. The van der Waals surface area contributed by atoms with Gasteiger partial charge in [0.2, 0.25) is 6.29 Å². The van der Waals surface area contributed by atoms with Gasteiger partial charge in [-0.2, -0.15) is 5.26 Å². The number of carbonyl (C=O) groups is 2. The van der Waals surface area contributed by atoms with Crippen molar-refractivity contribution < 1.29 is 23.8 Å². The molecule has 1 aliphatic heterocycles. The molecule has 1 saturated heterocycles. The highest BCUT2D eigenvalue weighted by Crippen LogP contribution is 2.26. The average Bonchev–Trinajstić information content (AvgIpc) is 3.04. The number of benzene rings is 2. The van der Waals surface area contributed by atoms with E-state index in [1.807, 2.05) is 19.9 Å². The molecular formula is C21H19NO5. The summed E-state index contributed by atoms with van der Waals surface area (Å²) in [6.45, 7) is 3.82. The highest BCUT2D eigenvalue weighted by molar-refractivity contribution is 5.90. The molecule has 0 saturated carbocycles. The van der Waals surface area contributed by atoms with Gasteiger partial charge in [-0.15, -0.1) is 0 Å². The van der Waals surface area contributed by atoms with Crippen LogP contribution in [0.3, 0.4) is 0 Å². The molecule has 0 spiro atoms. The molecule has 6 nitrogen and oxygen atoms in total. The van der Waals surface area contributed by atoms with Crippen molar-refractivity contribution in [3.63, 3.8) is 0 Å². The van der Waals surface area contributed by atoms with Gasteiger partial charge >= 0.3 is 11.9 Å². The second kappa shape index (κ2) is 8.02. The van der Waals surface area contributed by atoms with Gasteiger partial charge in [0.1, 0.15) is 0 Å². The summed E-state index contributed by atoms with van der Waals surface area (Å²) in [6, 6.07) is 15.7. The smallest absolute Gasteiger partial charge is 0.340 e. The molecule has 3 rings (SSSR count). The third-order valence-electron chi connectivity index (χ3n) is 4.25. The molecule has 27 heavy (non-hydrogen) atoms. The van der Waals surface area contributed by atoms with Crippen LogP contribution in [0.15, 0.2) is 48.5 Å². The molecule has 0 bridgehead atoms. The predicted molar refractivity (Wildman–Crippen MR) is 95.9 cm³/mol. The summed E-state index contributed by atoms with van der Waals surface area (Å²) in [6.07, 6.45) is -2.65. The van der Waals surface area contributed by atoms with Gasteiger partial charge in [0, 0.05) is 6.42 Å². The molecule has 2 aromatic carbocycles. The van der Waals surface area contributed by atoms with Crippen LogP contribution in [0.5, 0.6) is 0 Å². The van der Waals surface area contributed by atoms with Gasteiger partial charge in [-0.3, -0.25) is 0 Å². The molecule has 0 radical (unpaired) electrons. The van der Waals surface area contributed by atoms with Crippen LogP contribution in [0.25, 0.3) is 0 Å². The predicted octanol–water partition coefficient (Wildman–Crippen LogP) is 3.32. The maximum atomic E-state index is 12.3. The Morgan fingerprint density at radius 2 is 1.41 bits per heavy atom. The molecule has 0 aliphatic carbocycles. The Balaban J connectivity index is 1.69. The van der Waals surface area contributed by atoms with Gasteiger partial charge < -0.3 is 14.2 Å². The van der Waals surface area contributed by atoms with Crippen molar-refractivity contribution in [2.45, 2.75) is 38.8 Å². The number of carbonyl (C=O) groups excluding carboxylic acids is 2. The number of nitriles is 1. The lowest BCUT2D eigenvalue weighted by molar-refractivity contribution is -0.129. The fourth-order valence-electron chi connectivity index (χ4n) is 2.68. The number of hydrogen-bond acceptors (Lipinski definition) is 6. The third kappa shape index (κ3) is 4.52. The monoisotopic (exact) mass is 365 g/mol. The van der Waals surface area contributed by atoms with Crippen molar-refractivity contribution in [1.82, 2.24) is 0 Å². The Labute approximate surface area is 157 Å². The van der Waals surface area contributed by atoms with Crippen molar-refractivity contribution in [2.24, 2.45) is 0 Å². The summed E-state index contributed by atoms with van der Waals surface area (Å²) < 4.78 is 16.2. The molecule has 0 unspecified atom stereocenters. The second-order valence-corrected chi connectivity index (χ2v) is 6.44. The highest BCUT2D eigenvalue weighted by atomic mass is 16.7. The first kappa shape index (κ1) is 18.6. The first-order valence-corrected chi connectivity index (χ1v) is 8.56. The fourth-order valence-corrected chi connectivity index (χ4v) is 2.68. The van der Waals surface area contributed by atoms with Crippen LogP contribution >= 0.6 is 0 Å². The van der Waals surface area contributed by atoms with Crippen molar-refractivity contribution >= 4 is 11.9 Å². The molecule has 3 atom stereocenters. The zero-order valence-corrected chi connectivity index (χ0v) is 15.0. The summed E-state index contributed by atoms with van der Waals surface area (Å²) >= 11 is 0.